The molecule has 0 aliphatic carbocycles. The summed E-state index contributed by atoms with van der Waals surface area (Å²) in [6.45, 7) is 10.0. The Labute approximate surface area is 81.9 Å². The van der Waals surface area contributed by atoms with Crippen LogP contribution in [0.25, 0.3) is 0 Å². The molecule has 1 saturated heterocycles. The molecule has 1 aliphatic heterocycles. The second-order valence-corrected chi connectivity index (χ2v) is 4.82. The fraction of sp³-hybridized carbons (Fsp3) is 1.00. The molecule has 0 aromatic heterocycles. The van der Waals surface area contributed by atoms with Crippen LogP contribution in [0.5, 0.6) is 0 Å². The third kappa shape index (κ3) is 2.68. The molecule has 0 saturated carbocycles. The first-order valence-corrected chi connectivity index (χ1v) is 5.46. The monoisotopic (exact) mass is 185 g/mol. The Morgan fingerprint density at radius 2 is 1.85 bits per heavy atom. The van der Waals surface area contributed by atoms with Crippen molar-refractivity contribution in [1.82, 2.24) is 4.90 Å². The van der Waals surface area contributed by atoms with Crippen LogP contribution in [-0.2, 0) is 0 Å². The van der Waals surface area contributed by atoms with Gasteiger partial charge in [0.15, 0.2) is 0 Å². The maximum absolute atomic E-state index is 9.60. The van der Waals surface area contributed by atoms with Crippen LogP contribution >= 0.6 is 0 Å². The largest absolute Gasteiger partial charge is 0.393 e. The fourth-order valence-electron chi connectivity index (χ4n) is 2.29. The molecule has 0 spiro atoms. The van der Waals surface area contributed by atoms with E-state index in [1.165, 1.54) is 0 Å². The number of likely N-dealkylation sites (tertiary alicyclic amines) is 1. The first-order chi connectivity index (χ1) is 6.02. The molecule has 1 rings (SSSR count). The van der Waals surface area contributed by atoms with Crippen molar-refractivity contribution in [3.63, 3.8) is 0 Å². The molecule has 1 aliphatic rings. The van der Waals surface area contributed by atoms with Gasteiger partial charge in [0, 0.05) is 18.6 Å². The van der Waals surface area contributed by atoms with Gasteiger partial charge in [-0.25, -0.2) is 0 Å². The summed E-state index contributed by atoms with van der Waals surface area (Å²) in [7, 11) is 0. The van der Waals surface area contributed by atoms with Gasteiger partial charge in [-0.05, 0) is 32.6 Å². The number of piperidine rings is 1. The van der Waals surface area contributed by atoms with Gasteiger partial charge in [-0.1, -0.05) is 13.8 Å². The van der Waals surface area contributed by atoms with Crippen LogP contribution in [-0.4, -0.2) is 34.7 Å². The molecule has 0 aromatic rings. The van der Waals surface area contributed by atoms with E-state index in [1.807, 2.05) is 0 Å². The van der Waals surface area contributed by atoms with Crippen LogP contribution in [0.1, 0.15) is 40.5 Å². The van der Waals surface area contributed by atoms with E-state index in [0.717, 1.165) is 19.4 Å². The second kappa shape index (κ2) is 4.43. The van der Waals surface area contributed by atoms with Gasteiger partial charge >= 0.3 is 0 Å². The Bertz CT molecular complexity index is 156. The average molecular weight is 185 g/mol. The van der Waals surface area contributed by atoms with Crippen molar-refractivity contribution < 1.29 is 5.11 Å². The standard InChI is InChI=1S/C11H23NO/c1-8(2)11-7-10(13)5-6-12(11)9(3)4/h8-11,13H,5-7H2,1-4H3/t10-,11-/m1/s1. The third-order valence-electron chi connectivity index (χ3n) is 3.09. The Balaban J connectivity index is 2.60. The molecule has 0 amide bonds. The van der Waals surface area contributed by atoms with Crippen molar-refractivity contribution in [2.24, 2.45) is 5.92 Å². The van der Waals surface area contributed by atoms with Gasteiger partial charge in [0.05, 0.1) is 6.10 Å². The number of rotatable bonds is 2. The summed E-state index contributed by atoms with van der Waals surface area (Å²) in [5.41, 5.74) is 0. The predicted octanol–water partition coefficient (Wildman–Crippen LogP) is 1.88. The first kappa shape index (κ1) is 11.0. The normalized spacial score (nSPS) is 31.6. The van der Waals surface area contributed by atoms with Crippen LogP contribution < -0.4 is 0 Å². The molecule has 0 radical (unpaired) electrons. The molecule has 1 N–H and O–H groups in total. The lowest BCUT2D eigenvalue weighted by Gasteiger charge is -2.42. The van der Waals surface area contributed by atoms with Crippen LogP contribution in [0, 0.1) is 5.92 Å². The molecule has 0 bridgehead atoms. The highest BCUT2D eigenvalue weighted by Crippen LogP contribution is 2.25. The SMILES string of the molecule is CC(C)[C@H]1C[C@H](O)CCN1C(C)C. The van der Waals surface area contributed by atoms with Gasteiger partial charge in [-0.3, -0.25) is 4.90 Å². The van der Waals surface area contributed by atoms with E-state index in [2.05, 4.69) is 32.6 Å². The summed E-state index contributed by atoms with van der Waals surface area (Å²) in [5.74, 6) is 0.650. The molecule has 0 unspecified atom stereocenters. The van der Waals surface area contributed by atoms with E-state index in [4.69, 9.17) is 0 Å². The van der Waals surface area contributed by atoms with Gasteiger partial charge < -0.3 is 5.11 Å². The summed E-state index contributed by atoms with van der Waals surface area (Å²) in [6.07, 6.45) is 1.83. The van der Waals surface area contributed by atoms with Crippen molar-refractivity contribution in [3.8, 4) is 0 Å². The molecule has 0 aromatic carbocycles. The number of hydrogen-bond acceptors (Lipinski definition) is 2. The number of aliphatic hydroxyl groups is 1. The lowest BCUT2D eigenvalue weighted by Crippen LogP contribution is -2.50. The molecule has 2 atom stereocenters. The zero-order chi connectivity index (χ0) is 10.0. The Morgan fingerprint density at radius 1 is 1.23 bits per heavy atom. The smallest absolute Gasteiger partial charge is 0.0567 e. The van der Waals surface area contributed by atoms with Crippen LogP contribution in [0.15, 0.2) is 0 Å². The summed E-state index contributed by atoms with van der Waals surface area (Å²) in [6, 6.07) is 1.18. The minimum absolute atomic E-state index is 0.0672. The third-order valence-corrected chi connectivity index (χ3v) is 3.09. The van der Waals surface area contributed by atoms with E-state index in [9.17, 15) is 5.11 Å². The molecule has 13 heavy (non-hydrogen) atoms. The van der Waals surface area contributed by atoms with E-state index in [-0.39, 0.29) is 6.10 Å². The van der Waals surface area contributed by atoms with Gasteiger partial charge in [-0.15, -0.1) is 0 Å². The lowest BCUT2D eigenvalue weighted by molar-refractivity contribution is 0.00689. The number of hydrogen-bond donors (Lipinski definition) is 1. The second-order valence-electron chi connectivity index (χ2n) is 4.82. The Hall–Kier alpha value is -0.0800. The topological polar surface area (TPSA) is 23.5 Å². The minimum Gasteiger partial charge on any atom is -0.393 e. The summed E-state index contributed by atoms with van der Waals surface area (Å²) >= 11 is 0. The predicted molar refractivity (Wildman–Crippen MR) is 55.7 cm³/mol. The van der Waals surface area contributed by atoms with E-state index in [0.29, 0.717) is 18.0 Å². The molecule has 1 fully saturated rings. The maximum atomic E-state index is 9.60. The van der Waals surface area contributed by atoms with Crippen molar-refractivity contribution in [3.05, 3.63) is 0 Å². The molecular weight excluding hydrogens is 162 g/mol. The lowest BCUT2D eigenvalue weighted by atomic mass is 9.90. The molecule has 78 valence electrons. The van der Waals surface area contributed by atoms with Crippen LogP contribution in [0.3, 0.4) is 0 Å². The average Bonchev–Trinajstić information content (AvgIpc) is 2.03. The van der Waals surface area contributed by atoms with Crippen molar-refractivity contribution >= 4 is 0 Å². The first-order valence-electron chi connectivity index (χ1n) is 5.46. The highest BCUT2D eigenvalue weighted by molar-refractivity contribution is 4.85. The summed E-state index contributed by atoms with van der Waals surface area (Å²) in [4.78, 5) is 2.53. The van der Waals surface area contributed by atoms with E-state index < -0.39 is 0 Å². The molecule has 2 nitrogen and oxygen atoms in total. The van der Waals surface area contributed by atoms with Crippen molar-refractivity contribution in [1.29, 1.82) is 0 Å². The molecule has 1 heterocycles. The van der Waals surface area contributed by atoms with Gasteiger partial charge in [0.25, 0.3) is 0 Å². The maximum Gasteiger partial charge on any atom is 0.0567 e. The Kier molecular flexibility index (Phi) is 3.74. The van der Waals surface area contributed by atoms with Gasteiger partial charge in [0.2, 0.25) is 0 Å². The summed E-state index contributed by atoms with van der Waals surface area (Å²) < 4.78 is 0. The van der Waals surface area contributed by atoms with E-state index >= 15 is 0 Å². The van der Waals surface area contributed by atoms with Gasteiger partial charge in [-0.2, -0.15) is 0 Å². The number of aliphatic hydroxyl groups excluding tert-OH is 1. The van der Waals surface area contributed by atoms with Crippen LogP contribution in [0.4, 0.5) is 0 Å². The quantitative estimate of drug-likeness (QED) is 0.710. The zero-order valence-corrected chi connectivity index (χ0v) is 9.33. The molecular formula is C11H23NO. The van der Waals surface area contributed by atoms with E-state index in [1.54, 1.807) is 0 Å². The minimum atomic E-state index is -0.0672. The molecule has 2 heteroatoms. The zero-order valence-electron chi connectivity index (χ0n) is 9.33. The highest BCUT2D eigenvalue weighted by atomic mass is 16.3. The van der Waals surface area contributed by atoms with Crippen molar-refractivity contribution in [2.45, 2.75) is 58.7 Å². The summed E-state index contributed by atoms with van der Waals surface area (Å²) in [5, 5.41) is 9.60. The van der Waals surface area contributed by atoms with Crippen LogP contribution in [0.2, 0.25) is 0 Å². The Morgan fingerprint density at radius 3 is 2.31 bits per heavy atom. The number of nitrogens with zero attached hydrogens (tertiary/aromatic N) is 1. The van der Waals surface area contributed by atoms with Crippen molar-refractivity contribution in [2.75, 3.05) is 6.54 Å². The van der Waals surface area contributed by atoms with Gasteiger partial charge in [0.1, 0.15) is 0 Å². The fourth-order valence-corrected chi connectivity index (χ4v) is 2.29. The highest BCUT2D eigenvalue weighted by Gasteiger charge is 2.30.